The first kappa shape index (κ1) is 14.7. The number of hydrogen-bond acceptors (Lipinski definition) is 3. The van der Waals surface area contributed by atoms with Gasteiger partial charge < -0.3 is 4.90 Å². The van der Waals surface area contributed by atoms with Gasteiger partial charge in [-0.1, -0.05) is 11.6 Å². The van der Waals surface area contributed by atoms with Crippen molar-refractivity contribution in [3.05, 3.63) is 45.9 Å². The Balaban J connectivity index is 1.78. The fraction of sp³-hybridized carbons (Fsp3) is 0.294. The lowest BCUT2D eigenvalue weighted by molar-refractivity contribution is 0.0797. The maximum atomic E-state index is 12.6. The molecule has 1 aliphatic heterocycles. The predicted octanol–water partition coefficient (Wildman–Crippen LogP) is 4.28. The van der Waals surface area contributed by atoms with Crippen LogP contribution in [0.3, 0.4) is 0 Å². The van der Waals surface area contributed by atoms with Crippen LogP contribution in [0.5, 0.6) is 0 Å². The number of carbonyl (C=O) groups excluding carboxylic acids is 1. The molecule has 1 aromatic carbocycles. The lowest BCUT2D eigenvalue weighted by atomic mass is 10.3. The molecule has 3 heterocycles. The molecule has 1 saturated heterocycles. The van der Waals surface area contributed by atoms with Crippen LogP contribution in [0.4, 0.5) is 0 Å². The number of fused-ring (bicyclic) bond motifs is 1. The Kier molecular flexibility index (Phi) is 3.62. The molecule has 4 nitrogen and oxygen atoms in total. The summed E-state index contributed by atoms with van der Waals surface area (Å²) in [5.74, 6) is 0.144. The highest BCUT2D eigenvalue weighted by Crippen LogP contribution is 2.31. The predicted molar refractivity (Wildman–Crippen MR) is 93.8 cm³/mol. The van der Waals surface area contributed by atoms with Gasteiger partial charge in [-0.05, 0) is 50.1 Å². The van der Waals surface area contributed by atoms with Gasteiger partial charge in [-0.15, -0.1) is 11.3 Å². The first-order chi connectivity index (χ1) is 11.1. The summed E-state index contributed by atoms with van der Waals surface area (Å²) >= 11 is 7.48. The van der Waals surface area contributed by atoms with Gasteiger partial charge in [0.05, 0.1) is 16.3 Å². The number of amides is 1. The number of halogens is 1. The number of nitrogens with zero attached hydrogens (tertiary/aromatic N) is 3. The molecule has 0 atom stereocenters. The minimum Gasteiger partial charge on any atom is -0.338 e. The highest BCUT2D eigenvalue weighted by molar-refractivity contribution is 7.20. The van der Waals surface area contributed by atoms with Crippen molar-refractivity contribution in [1.29, 1.82) is 0 Å². The average molecular weight is 346 g/mol. The molecule has 23 heavy (non-hydrogen) atoms. The zero-order chi connectivity index (χ0) is 16.0. The second kappa shape index (κ2) is 5.65. The molecule has 0 radical (unpaired) electrons. The van der Waals surface area contributed by atoms with Gasteiger partial charge >= 0.3 is 0 Å². The Morgan fingerprint density at radius 2 is 1.91 bits per heavy atom. The van der Waals surface area contributed by atoms with Gasteiger partial charge in [-0.25, -0.2) is 4.68 Å². The number of benzene rings is 1. The Hall–Kier alpha value is -1.85. The van der Waals surface area contributed by atoms with Crippen molar-refractivity contribution in [3.8, 4) is 5.69 Å². The minimum absolute atomic E-state index is 0.144. The van der Waals surface area contributed by atoms with Gasteiger partial charge in [0.1, 0.15) is 4.83 Å². The highest BCUT2D eigenvalue weighted by atomic mass is 35.5. The normalized spacial score (nSPS) is 14.8. The van der Waals surface area contributed by atoms with E-state index in [1.165, 1.54) is 11.3 Å². The van der Waals surface area contributed by atoms with E-state index in [-0.39, 0.29) is 5.91 Å². The van der Waals surface area contributed by atoms with Crippen LogP contribution in [0.25, 0.3) is 15.9 Å². The lowest BCUT2D eigenvalue weighted by Gasteiger charge is -2.13. The highest BCUT2D eigenvalue weighted by Gasteiger charge is 2.23. The molecule has 3 aromatic rings. The van der Waals surface area contributed by atoms with Gasteiger partial charge in [0, 0.05) is 23.5 Å². The lowest BCUT2D eigenvalue weighted by Crippen LogP contribution is -2.26. The molecule has 0 saturated carbocycles. The number of carbonyl (C=O) groups is 1. The van der Waals surface area contributed by atoms with E-state index in [1.807, 2.05) is 46.8 Å². The molecule has 0 aliphatic carbocycles. The zero-order valence-electron chi connectivity index (χ0n) is 12.8. The summed E-state index contributed by atoms with van der Waals surface area (Å²) in [6.07, 6.45) is 2.21. The van der Waals surface area contributed by atoms with E-state index in [0.29, 0.717) is 5.02 Å². The van der Waals surface area contributed by atoms with Crippen molar-refractivity contribution in [2.75, 3.05) is 13.1 Å². The van der Waals surface area contributed by atoms with E-state index in [1.54, 1.807) is 0 Å². The fourth-order valence-corrected chi connectivity index (χ4v) is 4.26. The SMILES string of the molecule is Cc1nn(-c2ccc(Cl)cc2)c2sc(C(=O)N3CCCC3)cc12. The monoisotopic (exact) mass is 345 g/mol. The molecule has 2 aromatic heterocycles. The van der Waals surface area contributed by atoms with Crippen LogP contribution >= 0.6 is 22.9 Å². The quantitative estimate of drug-likeness (QED) is 0.695. The summed E-state index contributed by atoms with van der Waals surface area (Å²) in [7, 11) is 0. The summed E-state index contributed by atoms with van der Waals surface area (Å²) in [6.45, 7) is 3.72. The van der Waals surface area contributed by atoms with E-state index in [9.17, 15) is 4.79 Å². The van der Waals surface area contributed by atoms with Crippen LogP contribution in [0, 0.1) is 6.92 Å². The van der Waals surface area contributed by atoms with Crippen LogP contribution in [-0.2, 0) is 0 Å². The molecule has 0 unspecified atom stereocenters. The number of rotatable bonds is 2. The first-order valence-electron chi connectivity index (χ1n) is 7.68. The van der Waals surface area contributed by atoms with Crippen molar-refractivity contribution in [1.82, 2.24) is 14.7 Å². The van der Waals surface area contributed by atoms with Crippen LogP contribution < -0.4 is 0 Å². The number of thiophene rings is 1. The third-order valence-corrected chi connectivity index (χ3v) is 5.57. The summed E-state index contributed by atoms with van der Waals surface area (Å²) in [6, 6.07) is 9.56. The molecular weight excluding hydrogens is 330 g/mol. The number of aryl methyl sites for hydroxylation is 1. The Labute approximate surface area is 143 Å². The minimum atomic E-state index is 0.144. The summed E-state index contributed by atoms with van der Waals surface area (Å²) < 4.78 is 1.90. The maximum absolute atomic E-state index is 12.6. The van der Waals surface area contributed by atoms with Crippen molar-refractivity contribution < 1.29 is 4.79 Å². The topological polar surface area (TPSA) is 38.1 Å². The second-order valence-electron chi connectivity index (χ2n) is 5.80. The van der Waals surface area contributed by atoms with Crippen molar-refractivity contribution >= 4 is 39.1 Å². The van der Waals surface area contributed by atoms with Gasteiger partial charge in [0.25, 0.3) is 5.91 Å². The van der Waals surface area contributed by atoms with Crippen molar-refractivity contribution in [3.63, 3.8) is 0 Å². The van der Waals surface area contributed by atoms with Crippen molar-refractivity contribution in [2.24, 2.45) is 0 Å². The number of likely N-dealkylation sites (tertiary alicyclic amines) is 1. The van der Waals surface area contributed by atoms with Crippen LogP contribution in [-0.4, -0.2) is 33.7 Å². The van der Waals surface area contributed by atoms with E-state index >= 15 is 0 Å². The van der Waals surface area contributed by atoms with E-state index in [0.717, 1.165) is 52.4 Å². The molecule has 1 amide bonds. The Morgan fingerprint density at radius 3 is 2.61 bits per heavy atom. The Morgan fingerprint density at radius 1 is 1.22 bits per heavy atom. The molecule has 6 heteroatoms. The molecular formula is C17H16ClN3OS. The number of hydrogen-bond donors (Lipinski definition) is 0. The van der Waals surface area contributed by atoms with Gasteiger partial charge in [0.15, 0.2) is 0 Å². The average Bonchev–Trinajstić information content (AvgIpc) is 3.26. The summed E-state index contributed by atoms with van der Waals surface area (Å²) in [4.78, 5) is 16.4. The van der Waals surface area contributed by atoms with E-state index in [4.69, 9.17) is 11.6 Å². The smallest absolute Gasteiger partial charge is 0.264 e. The molecule has 0 N–H and O–H groups in total. The number of aromatic nitrogens is 2. The van der Waals surface area contributed by atoms with E-state index < -0.39 is 0 Å². The summed E-state index contributed by atoms with van der Waals surface area (Å²) in [5, 5.41) is 6.35. The molecule has 118 valence electrons. The van der Waals surface area contributed by atoms with E-state index in [2.05, 4.69) is 5.10 Å². The molecule has 1 fully saturated rings. The van der Waals surface area contributed by atoms with Gasteiger partial charge in [-0.2, -0.15) is 5.10 Å². The van der Waals surface area contributed by atoms with Gasteiger partial charge in [0.2, 0.25) is 0 Å². The summed E-state index contributed by atoms with van der Waals surface area (Å²) in [5.41, 5.74) is 1.89. The first-order valence-corrected chi connectivity index (χ1v) is 8.87. The van der Waals surface area contributed by atoms with Crippen LogP contribution in [0.15, 0.2) is 30.3 Å². The Bertz CT molecular complexity index is 875. The van der Waals surface area contributed by atoms with Crippen LogP contribution in [0.1, 0.15) is 28.2 Å². The largest absolute Gasteiger partial charge is 0.338 e. The third kappa shape index (κ3) is 2.54. The molecule has 4 rings (SSSR count). The van der Waals surface area contributed by atoms with Crippen LogP contribution in [0.2, 0.25) is 5.02 Å². The molecule has 0 spiro atoms. The second-order valence-corrected chi connectivity index (χ2v) is 7.27. The van der Waals surface area contributed by atoms with Crippen molar-refractivity contribution in [2.45, 2.75) is 19.8 Å². The maximum Gasteiger partial charge on any atom is 0.264 e. The van der Waals surface area contributed by atoms with Gasteiger partial charge in [-0.3, -0.25) is 4.79 Å². The molecule has 1 aliphatic rings. The zero-order valence-corrected chi connectivity index (χ0v) is 14.3. The fourth-order valence-electron chi connectivity index (χ4n) is 2.99. The third-order valence-electron chi connectivity index (χ3n) is 4.22. The standard InChI is InChI=1S/C17H16ClN3OS/c1-11-14-10-15(16(22)20-8-2-3-9-20)23-17(14)21(19-11)13-6-4-12(18)5-7-13/h4-7,10H,2-3,8-9H2,1H3. The molecule has 0 bridgehead atoms.